The van der Waals surface area contributed by atoms with E-state index < -0.39 is 11.9 Å². The largest absolute Gasteiger partial charge is 0.494 e. The average Bonchev–Trinajstić information content (AvgIpc) is 2.19. The van der Waals surface area contributed by atoms with Gasteiger partial charge in [-0.15, -0.1) is 12.4 Å². The summed E-state index contributed by atoms with van der Waals surface area (Å²) in [6.45, 7) is 0. The fraction of sp³-hybridized carbons (Fsp3) is 0.300. The van der Waals surface area contributed by atoms with Crippen LogP contribution >= 0.6 is 12.4 Å². The highest BCUT2D eigenvalue weighted by atomic mass is 35.5. The summed E-state index contributed by atoms with van der Waals surface area (Å²) < 4.78 is 17.8. The SMILES string of the molecule is COc1cc([C@H](N)CC#N)ccc1F.Cl. The van der Waals surface area contributed by atoms with Crippen LogP contribution in [0.3, 0.4) is 0 Å². The zero-order valence-electron chi connectivity index (χ0n) is 8.24. The number of halogens is 2. The van der Waals surface area contributed by atoms with Gasteiger partial charge in [0.25, 0.3) is 0 Å². The van der Waals surface area contributed by atoms with Crippen molar-refractivity contribution in [3.8, 4) is 11.8 Å². The highest BCUT2D eigenvalue weighted by Gasteiger charge is 2.09. The Labute approximate surface area is 94.1 Å². The maximum Gasteiger partial charge on any atom is 0.165 e. The van der Waals surface area contributed by atoms with Crippen LogP contribution in [0.5, 0.6) is 5.75 Å². The summed E-state index contributed by atoms with van der Waals surface area (Å²) in [4.78, 5) is 0. The van der Waals surface area contributed by atoms with E-state index in [0.717, 1.165) is 0 Å². The van der Waals surface area contributed by atoms with E-state index >= 15 is 0 Å². The molecule has 1 aromatic carbocycles. The fourth-order valence-electron chi connectivity index (χ4n) is 1.12. The van der Waals surface area contributed by atoms with Crippen LogP contribution in [-0.4, -0.2) is 7.11 Å². The maximum absolute atomic E-state index is 13.0. The Balaban J connectivity index is 0.00000196. The first-order valence-corrected chi connectivity index (χ1v) is 4.15. The smallest absolute Gasteiger partial charge is 0.165 e. The Kier molecular flexibility index (Phi) is 5.68. The topological polar surface area (TPSA) is 59.0 Å². The predicted molar refractivity (Wildman–Crippen MR) is 57.4 cm³/mol. The molecule has 0 aliphatic rings. The molecule has 0 bridgehead atoms. The van der Waals surface area contributed by atoms with E-state index in [0.29, 0.717) is 5.56 Å². The number of rotatable bonds is 3. The molecule has 0 saturated carbocycles. The molecule has 0 spiro atoms. The van der Waals surface area contributed by atoms with Crippen molar-refractivity contribution in [3.63, 3.8) is 0 Å². The normalized spacial score (nSPS) is 11.1. The van der Waals surface area contributed by atoms with Gasteiger partial charge in [0.2, 0.25) is 0 Å². The predicted octanol–water partition coefficient (Wildman–Crippen LogP) is 2.17. The molecule has 5 heteroatoms. The Hall–Kier alpha value is -1.31. The van der Waals surface area contributed by atoms with E-state index in [9.17, 15) is 4.39 Å². The number of hydrogen-bond acceptors (Lipinski definition) is 3. The highest BCUT2D eigenvalue weighted by Crippen LogP contribution is 2.22. The highest BCUT2D eigenvalue weighted by molar-refractivity contribution is 5.85. The van der Waals surface area contributed by atoms with Gasteiger partial charge in [0, 0.05) is 6.04 Å². The Bertz CT molecular complexity index is 365. The molecule has 15 heavy (non-hydrogen) atoms. The minimum atomic E-state index is -0.430. The van der Waals surface area contributed by atoms with E-state index in [1.165, 1.54) is 19.2 Å². The molecule has 1 aromatic rings. The molecule has 1 atom stereocenters. The van der Waals surface area contributed by atoms with Gasteiger partial charge in [-0.25, -0.2) is 4.39 Å². The maximum atomic E-state index is 13.0. The van der Waals surface area contributed by atoms with Crippen LogP contribution in [0.4, 0.5) is 4.39 Å². The quantitative estimate of drug-likeness (QED) is 0.866. The lowest BCUT2D eigenvalue weighted by Gasteiger charge is -2.09. The number of methoxy groups -OCH3 is 1. The molecule has 0 aliphatic heterocycles. The molecule has 0 amide bonds. The molecule has 0 heterocycles. The van der Waals surface area contributed by atoms with E-state index in [1.807, 2.05) is 6.07 Å². The number of nitriles is 1. The van der Waals surface area contributed by atoms with Crippen LogP contribution in [0.25, 0.3) is 0 Å². The van der Waals surface area contributed by atoms with E-state index in [1.54, 1.807) is 6.07 Å². The number of nitrogens with two attached hydrogens (primary N) is 1. The summed E-state index contributed by atoms with van der Waals surface area (Å²) in [6.07, 6.45) is 0.203. The number of ether oxygens (including phenoxy) is 1. The molecular weight excluding hydrogens is 219 g/mol. The van der Waals surface area contributed by atoms with Gasteiger partial charge in [0.15, 0.2) is 11.6 Å². The third-order valence-electron chi connectivity index (χ3n) is 1.91. The molecule has 0 saturated heterocycles. The van der Waals surface area contributed by atoms with Crippen molar-refractivity contribution >= 4 is 12.4 Å². The molecule has 0 radical (unpaired) electrons. The van der Waals surface area contributed by atoms with Crippen LogP contribution in [0.15, 0.2) is 18.2 Å². The first-order chi connectivity index (χ1) is 6.69. The van der Waals surface area contributed by atoms with Crippen molar-refractivity contribution in [2.24, 2.45) is 5.73 Å². The summed E-state index contributed by atoms with van der Waals surface area (Å²) in [5.41, 5.74) is 6.38. The van der Waals surface area contributed by atoms with Crippen molar-refractivity contribution in [2.75, 3.05) is 7.11 Å². The molecular formula is C10H12ClFN2O. The number of benzene rings is 1. The summed E-state index contributed by atoms with van der Waals surface area (Å²) in [5, 5.41) is 8.44. The van der Waals surface area contributed by atoms with E-state index in [4.69, 9.17) is 15.7 Å². The number of hydrogen-bond donors (Lipinski definition) is 1. The van der Waals surface area contributed by atoms with Crippen molar-refractivity contribution in [1.29, 1.82) is 5.26 Å². The van der Waals surface area contributed by atoms with Crippen molar-refractivity contribution in [2.45, 2.75) is 12.5 Å². The monoisotopic (exact) mass is 230 g/mol. The lowest BCUT2D eigenvalue weighted by Crippen LogP contribution is -2.09. The van der Waals surface area contributed by atoms with E-state index in [-0.39, 0.29) is 24.6 Å². The van der Waals surface area contributed by atoms with Crippen LogP contribution < -0.4 is 10.5 Å². The molecule has 0 aliphatic carbocycles. The van der Waals surface area contributed by atoms with Crippen LogP contribution in [0.2, 0.25) is 0 Å². The van der Waals surface area contributed by atoms with E-state index in [2.05, 4.69) is 0 Å². The second-order valence-electron chi connectivity index (χ2n) is 2.86. The van der Waals surface area contributed by atoms with Crippen LogP contribution in [0.1, 0.15) is 18.0 Å². The van der Waals surface area contributed by atoms with Gasteiger partial charge in [-0.05, 0) is 17.7 Å². The van der Waals surface area contributed by atoms with Crippen LogP contribution in [0, 0.1) is 17.1 Å². The number of nitrogens with zero attached hydrogens (tertiary/aromatic N) is 1. The Morgan fingerprint density at radius 1 is 1.60 bits per heavy atom. The summed E-state index contributed by atoms with van der Waals surface area (Å²) in [7, 11) is 1.39. The molecule has 82 valence electrons. The van der Waals surface area contributed by atoms with Gasteiger partial charge in [0.05, 0.1) is 19.6 Å². The molecule has 0 fully saturated rings. The summed E-state index contributed by atoms with van der Waals surface area (Å²) in [6, 6.07) is 5.91. The van der Waals surface area contributed by atoms with Gasteiger partial charge >= 0.3 is 0 Å². The van der Waals surface area contributed by atoms with Gasteiger partial charge < -0.3 is 10.5 Å². The van der Waals surface area contributed by atoms with Gasteiger partial charge in [-0.1, -0.05) is 6.07 Å². The minimum Gasteiger partial charge on any atom is -0.494 e. The lowest BCUT2D eigenvalue weighted by atomic mass is 10.1. The summed E-state index contributed by atoms with van der Waals surface area (Å²) >= 11 is 0. The molecule has 0 aromatic heterocycles. The minimum absolute atomic E-state index is 0. The second kappa shape index (κ2) is 6.23. The fourth-order valence-corrected chi connectivity index (χ4v) is 1.12. The first kappa shape index (κ1) is 13.7. The third kappa shape index (κ3) is 3.39. The molecule has 0 unspecified atom stereocenters. The Morgan fingerprint density at radius 3 is 2.80 bits per heavy atom. The molecule has 2 N–H and O–H groups in total. The zero-order valence-corrected chi connectivity index (χ0v) is 9.05. The standard InChI is InChI=1S/C10H11FN2O.ClH/c1-14-10-6-7(2-3-8(10)11)9(13)4-5-12;/h2-3,6,9H,4,13H2,1H3;1H/t9-;/m1./s1. The molecule has 3 nitrogen and oxygen atoms in total. The first-order valence-electron chi connectivity index (χ1n) is 4.15. The summed E-state index contributed by atoms with van der Waals surface area (Å²) in [5.74, 6) is -0.281. The second-order valence-corrected chi connectivity index (χ2v) is 2.86. The third-order valence-corrected chi connectivity index (χ3v) is 1.91. The van der Waals surface area contributed by atoms with Crippen molar-refractivity contribution < 1.29 is 9.13 Å². The molecule has 1 rings (SSSR count). The lowest BCUT2D eigenvalue weighted by molar-refractivity contribution is 0.385. The van der Waals surface area contributed by atoms with Gasteiger partial charge in [0.1, 0.15) is 0 Å². The van der Waals surface area contributed by atoms with Gasteiger partial charge in [-0.3, -0.25) is 0 Å². The Morgan fingerprint density at radius 2 is 2.27 bits per heavy atom. The van der Waals surface area contributed by atoms with Crippen LogP contribution in [-0.2, 0) is 0 Å². The zero-order chi connectivity index (χ0) is 10.6. The van der Waals surface area contributed by atoms with Crippen molar-refractivity contribution in [1.82, 2.24) is 0 Å². The van der Waals surface area contributed by atoms with Crippen molar-refractivity contribution in [3.05, 3.63) is 29.6 Å². The average molecular weight is 231 g/mol. The van der Waals surface area contributed by atoms with Gasteiger partial charge in [-0.2, -0.15) is 5.26 Å².